The summed E-state index contributed by atoms with van der Waals surface area (Å²) < 4.78 is 13.8. The van der Waals surface area contributed by atoms with Crippen LogP contribution >= 0.6 is 22.6 Å². The minimum atomic E-state index is -0.357. The van der Waals surface area contributed by atoms with Crippen molar-refractivity contribution >= 4 is 46.5 Å². The molecule has 172 valence electrons. The molecule has 3 aromatic rings. The van der Waals surface area contributed by atoms with E-state index in [0.717, 1.165) is 16.8 Å². The number of hydrogen-bond acceptors (Lipinski definition) is 3. The largest absolute Gasteiger partial charge is 0.494 e. The normalized spacial score (nSPS) is 16.8. The summed E-state index contributed by atoms with van der Waals surface area (Å²) in [6.45, 7) is 17.0. The summed E-state index contributed by atoms with van der Waals surface area (Å²) in [5.74, 6) is 0. The van der Waals surface area contributed by atoms with E-state index >= 15 is 0 Å². The van der Waals surface area contributed by atoms with Gasteiger partial charge in [-0.2, -0.15) is 0 Å². The number of aryl methyl sites for hydroxylation is 4. The van der Waals surface area contributed by atoms with Crippen molar-refractivity contribution in [2.24, 2.45) is 0 Å². The highest BCUT2D eigenvalue weighted by atomic mass is 127. The number of anilines is 2. The lowest BCUT2D eigenvalue weighted by Gasteiger charge is -2.32. The summed E-state index contributed by atoms with van der Waals surface area (Å²) >= 11 is 2.44. The predicted octanol–water partition coefficient (Wildman–Crippen LogP) is 7.23. The van der Waals surface area contributed by atoms with E-state index in [4.69, 9.17) is 9.31 Å². The van der Waals surface area contributed by atoms with Gasteiger partial charge in [0.25, 0.3) is 0 Å². The molecule has 0 aromatic heterocycles. The molecule has 0 atom stereocenters. The molecule has 1 heterocycles. The molecule has 1 aliphatic heterocycles. The molecule has 0 spiro atoms. The second kappa shape index (κ2) is 8.75. The van der Waals surface area contributed by atoms with Crippen molar-refractivity contribution in [1.82, 2.24) is 0 Å². The molecule has 1 saturated heterocycles. The van der Waals surface area contributed by atoms with Gasteiger partial charge in [0, 0.05) is 26.1 Å². The van der Waals surface area contributed by atoms with E-state index in [1.807, 2.05) is 0 Å². The van der Waals surface area contributed by atoms with Gasteiger partial charge in [-0.25, -0.2) is 0 Å². The first-order valence-corrected chi connectivity index (χ1v) is 12.6. The lowest BCUT2D eigenvalue weighted by molar-refractivity contribution is 0.00578. The molecule has 3 nitrogen and oxygen atoms in total. The summed E-state index contributed by atoms with van der Waals surface area (Å²) in [7, 11) is -0.357. The fraction of sp³-hybridized carbons (Fsp3) is 0.357. The SMILES string of the molecule is Cc1cc(B2OC(C)(C)C(C)(C)O2)cc(C)c1Nc1cccc(C)c1-c1c(C)cccc1I. The second-order valence-electron chi connectivity index (χ2n) is 10.2. The molecule has 33 heavy (non-hydrogen) atoms. The van der Waals surface area contributed by atoms with Crippen molar-refractivity contribution in [3.05, 3.63) is 74.4 Å². The summed E-state index contributed by atoms with van der Waals surface area (Å²) in [6, 6.07) is 17.3. The summed E-state index contributed by atoms with van der Waals surface area (Å²) in [6.07, 6.45) is 0. The molecule has 0 amide bonds. The van der Waals surface area contributed by atoms with Gasteiger partial charge in [0.15, 0.2) is 0 Å². The lowest BCUT2D eigenvalue weighted by Crippen LogP contribution is -2.41. The van der Waals surface area contributed by atoms with E-state index in [0.29, 0.717) is 0 Å². The van der Waals surface area contributed by atoms with E-state index in [2.05, 4.69) is 132 Å². The van der Waals surface area contributed by atoms with Crippen molar-refractivity contribution in [1.29, 1.82) is 0 Å². The molecular formula is C28H33BINO2. The third-order valence-electron chi connectivity index (χ3n) is 7.08. The quantitative estimate of drug-likeness (QED) is 0.273. The van der Waals surface area contributed by atoms with Crippen LogP contribution in [-0.4, -0.2) is 18.3 Å². The number of benzene rings is 3. The molecule has 4 rings (SSSR count). The Labute approximate surface area is 212 Å². The molecule has 0 unspecified atom stereocenters. The minimum absolute atomic E-state index is 0.350. The number of hydrogen-bond donors (Lipinski definition) is 1. The van der Waals surface area contributed by atoms with Gasteiger partial charge in [-0.1, -0.05) is 36.4 Å². The fourth-order valence-corrected chi connectivity index (χ4v) is 5.40. The van der Waals surface area contributed by atoms with Crippen LogP contribution in [-0.2, 0) is 9.31 Å². The molecule has 0 bridgehead atoms. The zero-order chi connectivity index (χ0) is 24.1. The first kappa shape index (κ1) is 24.3. The molecule has 0 saturated carbocycles. The third-order valence-corrected chi connectivity index (χ3v) is 7.98. The van der Waals surface area contributed by atoms with Gasteiger partial charge in [-0.05, 0) is 118 Å². The summed E-state index contributed by atoms with van der Waals surface area (Å²) in [5.41, 5.74) is 10.1. The Hall–Kier alpha value is -1.83. The molecule has 1 aliphatic rings. The second-order valence-corrected chi connectivity index (χ2v) is 11.3. The van der Waals surface area contributed by atoms with Crippen molar-refractivity contribution in [3.63, 3.8) is 0 Å². The standard InChI is InChI=1S/C28H33BINO2/c1-17-11-9-13-22(30)24(17)25-18(2)12-10-14-23(25)31-26-19(3)15-21(16-20(26)4)29-32-27(5,6)28(7,8)33-29/h9-16,31H,1-8H3. The Kier molecular flexibility index (Phi) is 6.45. The molecule has 1 fully saturated rings. The average Bonchev–Trinajstić information content (AvgIpc) is 2.93. The van der Waals surface area contributed by atoms with Crippen LogP contribution in [0.1, 0.15) is 49.9 Å². The summed E-state index contributed by atoms with van der Waals surface area (Å²) in [5, 5.41) is 3.77. The van der Waals surface area contributed by atoms with Crippen LogP contribution in [0, 0.1) is 31.3 Å². The highest BCUT2D eigenvalue weighted by molar-refractivity contribution is 14.1. The van der Waals surface area contributed by atoms with E-state index in [1.165, 1.54) is 37.0 Å². The van der Waals surface area contributed by atoms with E-state index < -0.39 is 0 Å². The molecule has 5 heteroatoms. The van der Waals surface area contributed by atoms with Crippen molar-refractivity contribution in [2.45, 2.75) is 66.6 Å². The smallest absolute Gasteiger partial charge is 0.399 e. The van der Waals surface area contributed by atoms with Crippen molar-refractivity contribution in [2.75, 3.05) is 5.32 Å². The van der Waals surface area contributed by atoms with Crippen LogP contribution in [0.25, 0.3) is 11.1 Å². The van der Waals surface area contributed by atoms with Crippen LogP contribution in [0.5, 0.6) is 0 Å². The monoisotopic (exact) mass is 553 g/mol. The maximum absolute atomic E-state index is 6.29. The average molecular weight is 553 g/mol. The summed E-state index contributed by atoms with van der Waals surface area (Å²) in [4.78, 5) is 0. The Morgan fingerprint density at radius 1 is 0.727 bits per heavy atom. The zero-order valence-electron chi connectivity index (χ0n) is 20.9. The number of halogens is 1. The van der Waals surface area contributed by atoms with Crippen LogP contribution in [0.3, 0.4) is 0 Å². The van der Waals surface area contributed by atoms with E-state index in [-0.39, 0.29) is 18.3 Å². The van der Waals surface area contributed by atoms with Crippen LogP contribution < -0.4 is 10.8 Å². The van der Waals surface area contributed by atoms with Gasteiger partial charge in [0.05, 0.1) is 11.2 Å². The molecular weight excluding hydrogens is 520 g/mol. The number of rotatable bonds is 4. The van der Waals surface area contributed by atoms with E-state index in [9.17, 15) is 0 Å². The van der Waals surface area contributed by atoms with Crippen LogP contribution in [0.4, 0.5) is 11.4 Å². The highest BCUT2D eigenvalue weighted by Crippen LogP contribution is 2.40. The Morgan fingerprint density at radius 2 is 1.24 bits per heavy atom. The maximum atomic E-state index is 6.29. The molecule has 0 aliphatic carbocycles. The Bertz CT molecular complexity index is 1160. The van der Waals surface area contributed by atoms with Gasteiger partial charge >= 0.3 is 7.12 Å². The lowest BCUT2D eigenvalue weighted by atomic mass is 9.77. The molecule has 0 radical (unpaired) electrons. The first-order chi connectivity index (χ1) is 15.4. The molecule has 3 aromatic carbocycles. The number of nitrogens with one attached hydrogen (secondary N) is 1. The Morgan fingerprint density at radius 3 is 1.79 bits per heavy atom. The minimum Gasteiger partial charge on any atom is -0.399 e. The van der Waals surface area contributed by atoms with Gasteiger partial charge in [-0.3, -0.25) is 0 Å². The van der Waals surface area contributed by atoms with Gasteiger partial charge in [0.2, 0.25) is 0 Å². The third kappa shape index (κ3) is 4.47. The fourth-order valence-electron chi connectivity index (χ4n) is 4.50. The zero-order valence-corrected chi connectivity index (χ0v) is 23.0. The highest BCUT2D eigenvalue weighted by Gasteiger charge is 2.51. The van der Waals surface area contributed by atoms with Crippen molar-refractivity contribution < 1.29 is 9.31 Å². The van der Waals surface area contributed by atoms with Crippen molar-refractivity contribution in [3.8, 4) is 11.1 Å². The molecule has 1 N–H and O–H groups in total. The Balaban J connectivity index is 1.73. The first-order valence-electron chi connectivity index (χ1n) is 11.5. The van der Waals surface area contributed by atoms with Gasteiger partial charge < -0.3 is 14.6 Å². The van der Waals surface area contributed by atoms with Crippen LogP contribution in [0.2, 0.25) is 0 Å². The predicted molar refractivity (Wildman–Crippen MR) is 149 cm³/mol. The maximum Gasteiger partial charge on any atom is 0.494 e. The van der Waals surface area contributed by atoms with Crippen LogP contribution in [0.15, 0.2) is 48.5 Å². The topological polar surface area (TPSA) is 30.5 Å². The van der Waals surface area contributed by atoms with Gasteiger partial charge in [0.1, 0.15) is 0 Å². The van der Waals surface area contributed by atoms with E-state index in [1.54, 1.807) is 0 Å². The van der Waals surface area contributed by atoms with Gasteiger partial charge in [-0.15, -0.1) is 0 Å².